The molecule has 0 heterocycles. The van der Waals surface area contributed by atoms with Gasteiger partial charge >= 0.3 is 0 Å². The van der Waals surface area contributed by atoms with Crippen LogP contribution in [0.4, 0.5) is 10.1 Å². The van der Waals surface area contributed by atoms with Crippen LogP contribution in [0, 0.1) is 12.7 Å². The van der Waals surface area contributed by atoms with Gasteiger partial charge in [-0.3, -0.25) is 4.79 Å². The summed E-state index contributed by atoms with van der Waals surface area (Å²) in [6, 6.07) is 12.3. The summed E-state index contributed by atoms with van der Waals surface area (Å²) in [5.41, 5.74) is 2.07. The van der Waals surface area contributed by atoms with Crippen molar-refractivity contribution < 1.29 is 14.5 Å². The van der Waals surface area contributed by atoms with E-state index in [4.69, 9.17) is 11.6 Å². The van der Waals surface area contributed by atoms with Crippen molar-refractivity contribution in [3.8, 4) is 0 Å². The molecule has 0 saturated heterocycles. The van der Waals surface area contributed by atoms with E-state index in [0.717, 1.165) is 11.1 Å². The van der Waals surface area contributed by atoms with E-state index in [0.29, 0.717) is 5.02 Å². The Morgan fingerprint density at radius 2 is 2.09 bits per heavy atom. The lowest BCUT2D eigenvalue weighted by Crippen LogP contribution is -2.86. The van der Waals surface area contributed by atoms with Gasteiger partial charge in [-0.1, -0.05) is 29.8 Å². The Kier molecular flexibility index (Phi) is 5.52. The smallest absolute Gasteiger partial charge is 0.279 e. The zero-order valence-electron chi connectivity index (χ0n) is 12.6. The van der Waals surface area contributed by atoms with E-state index in [1.54, 1.807) is 19.1 Å². The highest BCUT2D eigenvalue weighted by molar-refractivity contribution is 6.30. The zero-order chi connectivity index (χ0) is 16.1. The summed E-state index contributed by atoms with van der Waals surface area (Å²) in [5.74, 6) is -0.659. The van der Waals surface area contributed by atoms with Gasteiger partial charge in [-0.25, -0.2) is 4.39 Å². The van der Waals surface area contributed by atoms with Crippen LogP contribution in [0.2, 0.25) is 5.02 Å². The number of hydrogen-bond acceptors (Lipinski definition) is 1. The highest BCUT2D eigenvalue weighted by Gasteiger charge is 2.13. The minimum Gasteiger partial charge on any atom is -0.333 e. The first-order chi connectivity index (χ1) is 10.5. The molecule has 0 unspecified atom stereocenters. The molecular weight excluding hydrogens is 303 g/mol. The minimum absolute atomic E-state index is 0.0901. The van der Waals surface area contributed by atoms with E-state index in [9.17, 15) is 9.18 Å². The van der Waals surface area contributed by atoms with Gasteiger partial charge in [-0.15, -0.1) is 0 Å². The molecule has 116 valence electrons. The maximum atomic E-state index is 13.7. The fraction of sp³-hybridized carbons (Fsp3) is 0.235. The lowest BCUT2D eigenvalue weighted by atomic mass is 10.1. The van der Waals surface area contributed by atoms with Crippen LogP contribution < -0.4 is 10.6 Å². The van der Waals surface area contributed by atoms with Gasteiger partial charge in [0.2, 0.25) is 0 Å². The van der Waals surface area contributed by atoms with Crippen molar-refractivity contribution in [2.24, 2.45) is 0 Å². The van der Waals surface area contributed by atoms with Crippen LogP contribution in [-0.4, -0.2) is 12.5 Å². The van der Waals surface area contributed by atoms with Gasteiger partial charge in [0.05, 0.1) is 5.69 Å². The topological polar surface area (TPSA) is 45.7 Å². The highest BCUT2D eigenvalue weighted by Crippen LogP contribution is 2.16. The molecule has 5 heteroatoms. The Morgan fingerprint density at radius 3 is 2.77 bits per heavy atom. The average molecular weight is 322 g/mol. The predicted octanol–water partition coefficient (Wildman–Crippen LogP) is 3.05. The van der Waals surface area contributed by atoms with Gasteiger partial charge in [-0.2, -0.15) is 0 Å². The van der Waals surface area contributed by atoms with Crippen LogP contribution in [0.3, 0.4) is 0 Å². The van der Waals surface area contributed by atoms with Gasteiger partial charge in [0.25, 0.3) is 5.91 Å². The Hall–Kier alpha value is -1.91. The van der Waals surface area contributed by atoms with Crippen molar-refractivity contribution in [2.75, 3.05) is 11.9 Å². The first kappa shape index (κ1) is 16.5. The Labute approximate surface area is 134 Å². The summed E-state index contributed by atoms with van der Waals surface area (Å²) >= 11 is 5.95. The van der Waals surface area contributed by atoms with Crippen LogP contribution in [0.1, 0.15) is 24.1 Å². The lowest BCUT2D eigenvalue weighted by molar-refractivity contribution is -0.682. The van der Waals surface area contributed by atoms with Gasteiger partial charge in [0.1, 0.15) is 11.9 Å². The maximum Gasteiger partial charge on any atom is 0.279 e. The minimum atomic E-state index is -0.420. The number of aryl methyl sites for hydroxylation is 1. The van der Waals surface area contributed by atoms with Crippen molar-refractivity contribution in [1.29, 1.82) is 0 Å². The number of quaternary nitrogens is 1. The van der Waals surface area contributed by atoms with E-state index < -0.39 is 5.82 Å². The number of rotatable bonds is 5. The second-order valence-electron chi connectivity index (χ2n) is 5.31. The molecule has 0 aliphatic heterocycles. The quantitative estimate of drug-likeness (QED) is 0.873. The third-order valence-corrected chi connectivity index (χ3v) is 3.67. The molecule has 0 spiro atoms. The van der Waals surface area contributed by atoms with Gasteiger partial charge in [0, 0.05) is 10.6 Å². The summed E-state index contributed by atoms with van der Waals surface area (Å²) in [7, 11) is 0. The molecule has 0 radical (unpaired) electrons. The van der Waals surface area contributed by atoms with E-state index in [-0.39, 0.29) is 24.2 Å². The number of amides is 1. The number of hydrogen-bond donors (Lipinski definition) is 2. The van der Waals surface area contributed by atoms with Gasteiger partial charge < -0.3 is 10.6 Å². The summed E-state index contributed by atoms with van der Waals surface area (Å²) in [5, 5.41) is 5.14. The maximum absolute atomic E-state index is 13.7. The fourth-order valence-electron chi connectivity index (χ4n) is 2.13. The van der Waals surface area contributed by atoms with Crippen LogP contribution in [0.25, 0.3) is 0 Å². The Morgan fingerprint density at radius 1 is 1.32 bits per heavy atom. The second-order valence-corrected chi connectivity index (χ2v) is 5.75. The normalized spacial score (nSPS) is 12.0. The van der Waals surface area contributed by atoms with Gasteiger partial charge in [-0.05, 0) is 43.7 Å². The van der Waals surface area contributed by atoms with Crippen molar-refractivity contribution in [3.63, 3.8) is 0 Å². The molecule has 0 bridgehead atoms. The molecule has 1 amide bonds. The molecule has 0 aliphatic rings. The largest absolute Gasteiger partial charge is 0.333 e. The van der Waals surface area contributed by atoms with Crippen LogP contribution in [0.15, 0.2) is 42.5 Å². The molecular formula is C17H19ClFN2O+. The van der Waals surface area contributed by atoms with Crippen LogP contribution in [-0.2, 0) is 4.79 Å². The van der Waals surface area contributed by atoms with Crippen molar-refractivity contribution in [2.45, 2.75) is 19.9 Å². The SMILES string of the molecule is Cc1ccc(NC(=O)C[NH2+][C@@H](C)c2cccc(Cl)c2)c(F)c1. The second kappa shape index (κ2) is 7.38. The summed E-state index contributed by atoms with van der Waals surface area (Å²) in [6.07, 6.45) is 0. The van der Waals surface area contributed by atoms with E-state index in [1.165, 1.54) is 6.07 Å². The molecule has 1 atom stereocenters. The monoisotopic (exact) mass is 321 g/mol. The molecule has 3 N–H and O–H groups in total. The van der Waals surface area contributed by atoms with E-state index in [2.05, 4.69) is 5.32 Å². The molecule has 0 fully saturated rings. The number of anilines is 1. The number of carbonyl (C=O) groups excluding carboxylic acids is 1. The van der Waals surface area contributed by atoms with Crippen LogP contribution in [0.5, 0.6) is 0 Å². The first-order valence-corrected chi connectivity index (χ1v) is 7.48. The lowest BCUT2D eigenvalue weighted by Gasteiger charge is -2.12. The van der Waals surface area contributed by atoms with Crippen molar-refractivity contribution >= 4 is 23.2 Å². The number of halogens is 2. The fourth-order valence-corrected chi connectivity index (χ4v) is 2.33. The number of nitrogens with one attached hydrogen (secondary N) is 1. The Bertz CT molecular complexity index is 675. The third-order valence-electron chi connectivity index (χ3n) is 3.43. The summed E-state index contributed by atoms with van der Waals surface area (Å²) < 4.78 is 13.7. The van der Waals surface area contributed by atoms with Gasteiger partial charge in [0.15, 0.2) is 6.54 Å². The molecule has 2 rings (SSSR count). The molecule has 2 aromatic rings. The van der Waals surface area contributed by atoms with Crippen LogP contribution >= 0.6 is 11.6 Å². The number of benzene rings is 2. The standard InChI is InChI=1S/C17H18ClFN2O/c1-11-6-7-16(15(19)8-11)21-17(22)10-20-12(2)13-4-3-5-14(18)9-13/h3-9,12,20H,10H2,1-2H3,(H,21,22)/p+1/t12-/m0/s1. The highest BCUT2D eigenvalue weighted by atomic mass is 35.5. The van der Waals surface area contributed by atoms with E-state index >= 15 is 0 Å². The molecule has 2 aromatic carbocycles. The zero-order valence-corrected chi connectivity index (χ0v) is 13.3. The predicted molar refractivity (Wildman–Crippen MR) is 86.4 cm³/mol. The number of carbonyl (C=O) groups is 1. The Balaban J connectivity index is 1.90. The van der Waals surface area contributed by atoms with E-state index in [1.807, 2.05) is 36.5 Å². The van der Waals surface area contributed by atoms with Crippen molar-refractivity contribution in [1.82, 2.24) is 0 Å². The van der Waals surface area contributed by atoms with Crippen molar-refractivity contribution in [3.05, 3.63) is 64.4 Å². The third kappa shape index (κ3) is 4.55. The molecule has 0 aliphatic carbocycles. The average Bonchev–Trinajstić information content (AvgIpc) is 2.47. The summed E-state index contributed by atoms with van der Waals surface area (Å²) in [6.45, 7) is 4.00. The molecule has 3 nitrogen and oxygen atoms in total. The summed E-state index contributed by atoms with van der Waals surface area (Å²) in [4.78, 5) is 11.9. The molecule has 0 saturated carbocycles. The first-order valence-electron chi connectivity index (χ1n) is 7.10. The number of nitrogens with two attached hydrogens (primary N) is 1. The molecule has 0 aromatic heterocycles. The molecule has 22 heavy (non-hydrogen) atoms.